The van der Waals surface area contributed by atoms with Gasteiger partial charge in [-0.05, 0) is 67.8 Å². The topological polar surface area (TPSA) is 34.9 Å². The van der Waals surface area contributed by atoms with E-state index in [-0.39, 0.29) is 5.78 Å². The second-order valence-corrected chi connectivity index (χ2v) is 7.96. The van der Waals surface area contributed by atoms with Crippen LogP contribution in [0.2, 0.25) is 0 Å². The van der Waals surface area contributed by atoms with Gasteiger partial charge in [0, 0.05) is 11.3 Å². The lowest BCUT2D eigenvalue weighted by Crippen LogP contribution is -2.07. The quantitative estimate of drug-likeness (QED) is 0.315. The van der Waals surface area contributed by atoms with Crippen molar-refractivity contribution < 1.29 is 4.79 Å². The van der Waals surface area contributed by atoms with Crippen molar-refractivity contribution in [2.75, 3.05) is 5.75 Å². The Labute approximate surface area is 169 Å². The highest BCUT2D eigenvalue weighted by Gasteiger charge is 2.16. The van der Waals surface area contributed by atoms with Crippen LogP contribution in [0.5, 0.6) is 0 Å². The van der Waals surface area contributed by atoms with E-state index in [0.717, 1.165) is 38.6 Å². The normalized spacial score (nSPS) is 11.1. The van der Waals surface area contributed by atoms with Crippen LogP contribution in [0.15, 0.2) is 71.9 Å². The highest BCUT2D eigenvalue weighted by atomic mass is 32.2. The predicted molar refractivity (Wildman–Crippen MR) is 117 cm³/mol. The number of benzene rings is 3. The van der Waals surface area contributed by atoms with Crippen molar-refractivity contribution >= 4 is 28.6 Å². The second kappa shape index (κ2) is 7.64. The summed E-state index contributed by atoms with van der Waals surface area (Å²) in [5.74, 6) is 0.497. The minimum Gasteiger partial charge on any atom is -0.293 e. The van der Waals surface area contributed by atoms with Gasteiger partial charge < -0.3 is 0 Å². The summed E-state index contributed by atoms with van der Waals surface area (Å²) in [4.78, 5) is 17.7. The molecule has 0 unspecified atom stereocenters. The number of para-hydroxylation sites is 3. The number of aromatic nitrogens is 2. The summed E-state index contributed by atoms with van der Waals surface area (Å²) in [5.41, 5.74) is 7.23. The highest BCUT2D eigenvalue weighted by molar-refractivity contribution is 7.99. The summed E-state index contributed by atoms with van der Waals surface area (Å²) in [6.45, 7) is 6.13. The summed E-state index contributed by atoms with van der Waals surface area (Å²) in [6.07, 6.45) is 0. The number of carbonyl (C=O) groups excluding carboxylic acids is 1. The zero-order chi connectivity index (χ0) is 19.7. The predicted octanol–water partition coefficient (Wildman–Crippen LogP) is 5.93. The Hall–Kier alpha value is -2.85. The molecule has 0 aliphatic rings. The fourth-order valence-corrected chi connectivity index (χ4v) is 4.31. The van der Waals surface area contributed by atoms with E-state index in [0.29, 0.717) is 5.75 Å². The van der Waals surface area contributed by atoms with Gasteiger partial charge in [0.05, 0.1) is 16.8 Å². The molecule has 28 heavy (non-hydrogen) atoms. The summed E-state index contributed by atoms with van der Waals surface area (Å²) in [7, 11) is 0. The molecule has 0 radical (unpaired) electrons. The van der Waals surface area contributed by atoms with Gasteiger partial charge in [-0.15, -0.1) is 0 Å². The van der Waals surface area contributed by atoms with Crippen LogP contribution >= 0.6 is 11.8 Å². The first-order valence-electron chi connectivity index (χ1n) is 9.31. The molecule has 0 saturated carbocycles. The Kier molecular flexibility index (Phi) is 5.05. The maximum Gasteiger partial charge on any atom is 0.174 e. The van der Waals surface area contributed by atoms with Gasteiger partial charge in [-0.1, -0.05) is 48.2 Å². The lowest BCUT2D eigenvalue weighted by molar-refractivity contribution is 0.102. The number of fused-ring (bicyclic) bond motifs is 1. The molecule has 0 fully saturated rings. The van der Waals surface area contributed by atoms with Crippen LogP contribution in [0.3, 0.4) is 0 Å². The molecule has 140 valence electrons. The van der Waals surface area contributed by atoms with Gasteiger partial charge in [0.15, 0.2) is 10.9 Å². The molecule has 0 aliphatic heterocycles. The maximum absolute atomic E-state index is 12.9. The second-order valence-electron chi connectivity index (χ2n) is 7.02. The van der Waals surface area contributed by atoms with Crippen LogP contribution in [0, 0.1) is 20.8 Å². The molecule has 0 bridgehead atoms. The first kappa shape index (κ1) is 18.5. The van der Waals surface area contributed by atoms with Crippen molar-refractivity contribution in [2.24, 2.45) is 0 Å². The molecule has 3 nitrogen and oxygen atoms in total. The number of ketones is 1. The van der Waals surface area contributed by atoms with E-state index in [4.69, 9.17) is 4.98 Å². The first-order valence-corrected chi connectivity index (χ1v) is 10.3. The van der Waals surface area contributed by atoms with E-state index in [2.05, 4.69) is 35.8 Å². The standard InChI is InChI=1S/C24H22N2OS/c1-16-13-18(3)20(14-17(16)2)23(27)15-28-24-25-21-11-7-8-12-22(21)26(24)19-9-5-4-6-10-19/h4-14H,15H2,1-3H3. The Balaban J connectivity index is 1.67. The summed E-state index contributed by atoms with van der Waals surface area (Å²) in [5, 5.41) is 0.835. The van der Waals surface area contributed by atoms with Crippen LogP contribution in [-0.2, 0) is 0 Å². The van der Waals surface area contributed by atoms with Crippen molar-refractivity contribution in [1.29, 1.82) is 0 Å². The molecule has 0 aliphatic carbocycles. The van der Waals surface area contributed by atoms with E-state index in [1.165, 1.54) is 17.3 Å². The van der Waals surface area contributed by atoms with Gasteiger partial charge in [0.2, 0.25) is 0 Å². The number of imidazole rings is 1. The molecular formula is C24H22N2OS. The third-order valence-electron chi connectivity index (χ3n) is 5.02. The van der Waals surface area contributed by atoms with Gasteiger partial charge in [0.1, 0.15) is 0 Å². The molecule has 3 aromatic carbocycles. The number of rotatable bonds is 5. The minimum atomic E-state index is 0.136. The number of nitrogens with zero attached hydrogens (tertiary/aromatic N) is 2. The maximum atomic E-state index is 12.9. The molecule has 4 heteroatoms. The summed E-state index contributed by atoms with van der Waals surface area (Å²) < 4.78 is 2.13. The number of aryl methyl sites for hydroxylation is 3. The van der Waals surface area contributed by atoms with Crippen molar-refractivity contribution in [2.45, 2.75) is 25.9 Å². The minimum absolute atomic E-state index is 0.136. The Morgan fingerprint density at radius 3 is 2.36 bits per heavy atom. The zero-order valence-electron chi connectivity index (χ0n) is 16.3. The van der Waals surface area contributed by atoms with Crippen LogP contribution in [0.4, 0.5) is 0 Å². The third-order valence-corrected chi connectivity index (χ3v) is 5.96. The first-order chi connectivity index (χ1) is 13.5. The lowest BCUT2D eigenvalue weighted by atomic mass is 9.99. The van der Waals surface area contributed by atoms with E-state index in [1.54, 1.807) is 0 Å². The number of carbonyl (C=O) groups is 1. The molecule has 1 aromatic heterocycles. The molecule has 0 atom stereocenters. The molecule has 4 aromatic rings. The Bertz CT molecular complexity index is 1160. The van der Waals surface area contributed by atoms with Gasteiger partial charge in [-0.25, -0.2) is 4.98 Å². The smallest absolute Gasteiger partial charge is 0.174 e. The molecule has 4 rings (SSSR count). The zero-order valence-corrected chi connectivity index (χ0v) is 17.1. The number of hydrogen-bond donors (Lipinski definition) is 0. The van der Waals surface area contributed by atoms with Gasteiger partial charge >= 0.3 is 0 Å². The third kappa shape index (κ3) is 3.48. The molecule has 0 spiro atoms. The van der Waals surface area contributed by atoms with Crippen LogP contribution in [0.25, 0.3) is 16.7 Å². The Morgan fingerprint density at radius 2 is 1.57 bits per heavy atom. The number of hydrogen-bond acceptors (Lipinski definition) is 3. The molecule has 0 N–H and O–H groups in total. The molecule has 1 heterocycles. The van der Waals surface area contributed by atoms with Crippen molar-refractivity contribution in [3.63, 3.8) is 0 Å². The SMILES string of the molecule is Cc1cc(C)c(C(=O)CSc2nc3ccccc3n2-c2ccccc2)cc1C. The van der Waals surface area contributed by atoms with E-state index in [9.17, 15) is 4.79 Å². The average molecular weight is 387 g/mol. The van der Waals surface area contributed by atoms with Crippen LogP contribution in [0.1, 0.15) is 27.0 Å². The van der Waals surface area contributed by atoms with Gasteiger partial charge in [-0.3, -0.25) is 9.36 Å². The fourth-order valence-electron chi connectivity index (χ4n) is 3.40. The van der Waals surface area contributed by atoms with Crippen LogP contribution < -0.4 is 0 Å². The average Bonchev–Trinajstić information content (AvgIpc) is 3.08. The van der Waals surface area contributed by atoms with Crippen LogP contribution in [-0.4, -0.2) is 21.1 Å². The van der Waals surface area contributed by atoms with Gasteiger partial charge in [0.25, 0.3) is 0 Å². The number of Topliss-reactive ketones (excluding diaryl/α,β-unsaturated/α-hetero) is 1. The fraction of sp³-hybridized carbons (Fsp3) is 0.167. The number of thioether (sulfide) groups is 1. The monoisotopic (exact) mass is 386 g/mol. The highest BCUT2D eigenvalue weighted by Crippen LogP contribution is 2.29. The van der Waals surface area contributed by atoms with Crippen molar-refractivity contribution in [3.05, 3.63) is 89.0 Å². The van der Waals surface area contributed by atoms with E-state index in [1.807, 2.05) is 56.3 Å². The van der Waals surface area contributed by atoms with E-state index >= 15 is 0 Å². The summed E-state index contributed by atoms with van der Waals surface area (Å²) in [6, 6.07) is 22.3. The molecular weight excluding hydrogens is 364 g/mol. The molecule has 0 amide bonds. The summed E-state index contributed by atoms with van der Waals surface area (Å²) >= 11 is 1.49. The Morgan fingerprint density at radius 1 is 0.893 bits per heavy atom. The van der Waals surface area contributed by atoms with Crippen molar-refractivity contribution in [1.82, 2.24) is 9.55 Å². The largest absolute Gasteiger partial charge is 0.293 e. The van der Waals surface area contributed by atoms with Crippen molar-refractivity contribution in [3.8, 4) is 5.69 Å². The van der Waals surface area contributed by atoms with Gasteiger partial charge in [-0.2, -0.15) is 0 Å². The lowest BCUT2D eigenvalue weighted by Gasteiger charge is -2.10. The van der Waals surface area contributed by atoms with E-state index < -0.39 is 0 Å². The molecule has 0 saturated heterocycles.